The standard InChI is InChI=1S/C9H10N2O4S.C9H7N/c1-16(14,15)10-5-4-7-6-8(11(12)13)2-3-9(7)10;1-2-6-9-8(4-1)5-3-7-10-9/h2-3,6H,4-5H2,1H3;1-7H. The molecular formula is C18H17N3O4S. The summed E-state index contributed by atoms with van der Waals surface area (Å²) in [6.45, 7) is 0.356. The number of rotatable bonds is 2. The second-order valence-corrected chi connectivity index (χ2v) is 7.76. The van der Waals surface area contributed by atoms with Crippen LogP contribution in [0, 0.1) is 10.1 Å². The van der Waals surface area contributed by atoms with Gasteiger partial charge in [0.15, 0.2) is 0 Å². The molecular weight excluding hydrogens is 354 g/mol. The molecule has 1 aromatic heterocycles. The Balaban J connectivity index is 0.000000167. The van der Waals surface area contributed by atoms with Gasteiger partial charge in [0, 0.05) is 30.3 Å². The quantitative estimate of drug-likeness (QED) is 0.509. The first kappa shape index (κ1) is 17.8. The molecule has 0 saturated heterocycles. The topological polar surface area (TPSA) is 93.4 Å². The van der Waals surface area contributed by atoms with Crippen LogP contribution < -0.4 is 4.31 Å². The highest BCUT2D eigenvalue weighted by molar-refractivity contribution is 7.92. The van der Waals surface area contributed by atoms with Crippen LogP contribution in [0.15, 0.2) is 60.8 Å². The molecule has 0 bridgehead atoms. The number of pyridine rings is 1. The van der Waals surface area contributed by atoms with E-state index in [1.807, 2.05) is 30.5 Å². The highest BCUT2D eigenvalue weighted by atomic mass is 32.2. The van der Waals surface area contributed by atoms with Crippen LogP contribution in [0.1, 0.15) is 5.56 Å². The molecule has 0 aliphatic carbocycles. The number of nitro groups is 1. The molecule has 1 aliphatic rings. The van der Waals surface area contributed by atoms with E-state index >= 15 is 0 Å². The van der Waals surface area contributed by atoms with Crippen molar-refractivity contribution in [1.82, 2.24) is 4.98 Å². The van der Waals surface area contributed by atoms with E-state index < -0.39 is 14.9 Å². The smallest absolute Gasteiger partial charge is 0.269 e. The molecule has 0 radical (unpaired) electrons. The molecule has 2 aromatic carbocycles. The molecule has 0 atom stereocenters. The van der Waals surface area contributed by atoms with Crippen LogP contribution >= 0.6 is 0 Å². The third-order valence-electron chi connectivity index (χ3n) is 4.04. The zero-order chi connectivity index (χ0) is 18.7. The average molecular weight is 371 g/mol. The molecule has 4 rings (SSSR count). The van der Waals surface area contributed by atoms with E-state index in [1.165, 1.54) is 27.9 Å². The van der Waals surface area contributed by atoms with Gasteiger partial charge in [0.25, 0.3) is 5.69 Å². The summed E-state index contributed by atoms with van der Waals surface area (Å²) in [4.78, 5) is 14.3. The molecule has 0 saturated carbocycles. The van der Waals surface area contributed by atoms with Crippen molar-refractivity contribution in [2.45, 2.75) is 6.42 Å². The maximum Gasteiger partial charge on any atom is 0.269 e. The van der Waals surface area contributed by atoms with Crippen molar-refractivity contribution < 1.29 is 13.3 Å². The molecule has 134 valence electrons. The predicted octanol–water partition coefficient (Wildman–Crippen LogP) is 3.15. The van der Waals surface area contributed by atoms with Crippen molar-refractivity contribution in [3.8, 4) is 0 Å². The van der Waals surface area contributed by atoms with E-state index in [2.05, 4.69) is 17.1 Å². The minimum atomic E-state index is -3.29. The Kier molecular flexibility index (Phi) is 4.85. The van der Waals surface area contributed by atoms with Crippen molar-refractivity contribution >= 4 is 32.3 Å². The Hall–Kier alpha value is -3.00. The fourth-order valence-electron chi connectivity index (χ4n) is 2.83. The normalized spacial score (nSPS) is 13.0. The lowest BCUT2D eigenvalue weighted by Gasteiger charge is -2.15. The molecule has 0 N–H and O–H groups in total. The minimum Gasteiger partial charge on any atom is -0.270 e. The molecule has 0 fully saturated rings. The van der Waals surface area contributed by atoms with Crippen LogP contribution in [0.5, 0.6) is 0 Å². The number of hydrogen-bond donors (Lipinski definition) is 0. The summed E-state index contributed by atoms with van der Waals surface area (Å²) in [5.41, 5.74) is 2.31. The molecule has 0 spiro atoms. The highest BCUT2D eigenvalue weighted by Gasteiger charge is 2.27. The zero-order valence-corrected chi connectivity index (χ0v) is 14.9. The summed E-state index contributed by atoms with van der Waals surface area (Å²) in [5, 5.41) is 11.8. The third kappa shape index (κ3) is 3.80. The second-order valence-electron chi connectivity index (χ2n) is 5.85. The molecule has 0 amide bonds. The van der Waals surface area contributed by atoms with Gasteiger partial charge in [-0.15, -0.1) is 0 Å². The SMILES string of the molecule is CS(=O)(=O)N1CCc2cc([N+](=O)[O-])ccc21.c1ccc2ncccc2c1. The van der Waals surface area contributed by atoms with Crippen LogP contribution in [-0.4, -0.2) is 31.1 Å². The molecule has 8 heteroatoms. The number of fused-ring (bicyclic) bond motifs is 2. The van der Waals surface area contributed by atoms with Crippen molar-refractivity contribution in [1.29, 1.82) is 0 Å². The Labute approximate surface area is 151 Å². The first-order chi connectivity index (χ1) is 12.4. The van der Waals surface area contributed by atoms with Gasteiger partial charge in [-0.1, -0.05) is 24.3 Å². The van der Waals surface area contributed by atoms with E-state index in [1.54, 1.807) is 0 Å². The lowest BCUT2D eigenvalue weighted by Crippen LogP contribution is -2.27. The summed E-state index contributed by atoms with van der Waals surface area (Å²) < 4.78 is 24.1. The van der Waals surface area contributed by atoms with Gasteiger partial charge < -0.3 is 0 Å². The van der Waals surface area contributed by atoms with Gasteiger partial charge in [0.2, 0.25) is 10.0 Å². The number of hydrogen-bond acceptors (Lipinski definition) is 5. The zero-order valence-electron chi connectivity index (χ0n) is 14.1. The lowest BCUT2D eigenvalue weighted by atomic mass is 10.1. The average Bonchev–Trinajstić information content (AvgIpc) is 3.06. The number of nitro benzene ring substituents is 1. The Bertz CT molecular complexity index is 1000. The van der Waals surface area contributed by atoms with E-state index in [4.69, 9.17) is 0 Å². The highest BCUT2D eigenvalue weighted by Crippen LogP contribution is 2.32. The van der Waals surface area contributed by atoms with Gasteiger partial charge in [-0.2, -0.15) is 0 Å². The summed E-state index contributed by atoms with van der Waals surface area (Å²) >= 11 is 0. The van der Waals surface area contributed by atoms with Crippen LogP contribution in [0.25, 0.3) is 10.9 Å². The molecule has 0 unspecified atom stereocenters. The van der Waals surface area contributed by atoms with Gasteiger partial charge in [0.1, 0.15) is 0 Å². The van der Waals surface area contributed by atoms with Crippen molar-refractivity contribution in [2.75, 3.05) is 17.1 Å². The third-order valence-corrected chi connectivity index (χ3v) is 5.22. The van der Waals surface area contributed by atoms with Gasteiger partial charge in [-0.25, -0.2) is 8.42 Å². The summed E-state index contributed by atoms with van der Waals surface area (Å²) in [6, 6.07) is 16.3. The Morgan fingerprint density at radius 2 is 1.85 bits per heavy atom. The Morgan fingerprint density at radius 3 is 2.54 bits per heavy atom. The van der Waals surface area contributed by atoms with Crippen molar-refractivity contribution in [2.24, 2.45) is 0 Å². The number of non-ortho nitro benzene ring substituents is 1. The maximum absolute atomic E-state index is 11.4. The van der Waals surface area contributed by atoms with Gasteiger partial charge in [-0.05, 0) is 30.2 Å². The molecule has 2 heterocycles. The largest absolute Gasteiger partial charge is 0.270 e. The van der Waals surface area contributed by atoms with Crippen LogP contribution in [0.2, 0.25) is 0 Å². The van der Waals surface area contributed by atoms with Gasteiger partial charge in [-0.3, -0.25) is 19.4 Å². The summed E-state index contributed by atoms with van der Waals surface area (Å²) in [6.07, 6.45) is 3.45. The van der Waals surface area contributed by atoms with Gasteiger partial charge >= 0.3 is 0 Å². The predicted molar refractivity (Wildman–Crippen MR) is 101 cm³/mol. The van der Waals surface area contributed by atoms with Crippen molar-refractivity contribution in [3.63, 3.8) is 0 Å². The number of anilines is 1. The van der Waals surface area contributed by atoms with Crippen LogP contribution in [-0.2, 0) is 16.4 Å². The molecule has 3 aromatic rings. The number of para-hydroxylation sites is 1. The van der Waals surface area contributed by atoms with Crippen LogP contribution in [0.4, 0.5) is 11.4 Å². The molecule has 26 heavy (non-hydrogen) atoms. The fourth-order valence-corrected chi connectivity index (χ4v) is 3.79. The number of benzene rings is 2. The van der Waals surface area contributed by atoms with Crippen molar-refractivity contribution in [3.05, 3.63) is 76.5 Å². The van der Waals surface area contributed by atoms with Gasteiger partial charge in [0.05, 0.1) is 22.4 Å². The van der Waals surface area contributed by atoms with Crippen LogP contribution in [0.3, 0.4) is 0 Å². The summed E-state index contributed by atoms with van der Waals surface area (Å²) in [7, 11) is -3.29. The molecule has 7 nitrogen and oxygen atoms in total. The maximum atomic E-state index is 11.4. The number of sulfonamides is 1. The Morgan fingerprint density at radius 1 is 1.12 bits per heavy atom. The number of nitrogens with zero attached hydrogens (tertiary/aromatic N) is 3. The second kappa shape index (κ2) is 7.09. The fraction of sp³-hybridized carbons (Fsp3) is 0.167. The monoisotopic (exact) mass is 371 g/mol. The van der Waals surface area contributed by atoms with E-state index in [9.17, 15) is 18.5 Å². The first-order valence-corrected chi connectivity index (χ1v) is 9.76. The van der Waals surface area contributed by atoms with E-state index in [0.717, 1.165) is 11.8 Å². The first-order valence-electron chi connectivity index (χ1n) is 7.91. The summed E-state index contributed by atoms with van der Waals surface area (Å²) in [5.74, 6) is 0. The molecule has 1 aliphatic heterocycles. The number of aromatic nitrogens is 1. The van der Waals surface area contributed by atoms with E-state index in [-0.39, 0.29) is 5.69 Å². The lowest BCUT2D eigenvalue weighted by molar-refractivity contribution is -0.384. The van der Waals surface area contributed by atoms with E-state index in [0.29, 0.717) is 24.2 Å². The minimum absolute atomic E-state index is 0.00546.